The van der Waals surface area contributed by atoms with Crippen LogP contribution in [-0.2, 0) is 0 Å². The molecule has 2 aromatic rings. The van der Waals surface area contributed by atoms with Crippen LogP contribution < -0.4 is 5.32 Å². The van der Waals surface area contributed by atoms with Gasteiger partial charge in [0.25, 0.3) is 0 Å². The molecular formula is C12H10Cl2FN3. The standard InChI is InChI=1S/C12H10Cl2FN3/c1-6-7(2)17-12(11(14)16-6)18-10-5-8(13)3-4-9(10)15/h3-5H,1-2H3,(H,17,18). The maximum absolute atomic E-state index is 13.6. The lowest BCUT2D eigenvalue weighted by atomic mass is 10.3. The molecule has 3 nitrogen and oxygen atoms in total. The Morgan fingerprint density at radius 2 is 1.78 bits per heavy atom. The monoisotopic (exact) mass is 285 g/mol. The van der Waals surface area contributed by atoms with Crippen molar-refractivity contribution >= 4 is 34.7 Å². The molecular weight excluding hydrogens is 276 g/mol. The molecule has 0 unspecified atom stereocenters. The number of rotatable bonds is 2. The van der Waals surface area contributed by atoms with Crippen LogP contribution in [0, 0.1) is 19.7 Å². The fraction of sp³-hybridized carbons (Fsp3) is 0.167. The van der Waals surface area contributed by atoms with Crippen molar-refractivity contribution in [1.82, 2.24) is 9.97 Å². The van der Waals surface area contributed by atoms with E-state index >= 15 is 0 Å². The summed E-state index contributed by atoms with van der Waals surface area (Å²) in [6.07, 6.45) is 0. The summed E-state index contributed by atoms with van der Waals surface area (Å²) in [5.74, 6) is -0.128. The Balaban J connectivity index is 2.40. The summed E-state index contributed by atoms with van der Waals surface area (Å²) >= 11 is 11.8. The van der Waals surface area contributed by atoms with E-state index in [1.54, 1.807) is 13.8 Å². The summed E-state index contributed by atoms with van der Waals surface area (Å²) in [6.45, 7) is 3.61. The van der Waals surface area contributed by atoms with Gasteiger partial charge in [0.1, 0.15) is 5.82 Å². The minimum Gasteiger partial charge on any atom is -0.335 e. The second kappa shape index (κ2) is 5.08. The highest BCUT2D eigenvalue weighted by atomic mass is 35.5. The first-order valence-electron chi connectivity index (χ1n) is 5.20. The van der Waals surface area contributed by atoms with Gasteiger partial charge in [-0.25, -0.2) is 14.4 Å². The van der Waals surface area contributed by atoms with Gasteiger partial charge in [-0.05, 0) is 32.0 Å². The van der Waals surface area contributed by atoms with E-state index in [2.05, 4.69) is 15.3 Å². The average Bonchev–Trinajstić information content (AvgIpc) is 2.30. The molecule has 0 bridgehead atoms. The molecule has 0 aliphatic heterocycles. The van der Waals surface area contributed by atoms with Crippen LogP contribution >= 0.6 is 23.2 Å². The summed E-state index contributed by atoms with van der Waals surface area (Å²) in [6, 6.07) is 4.20. The molecule has 1 aromatic carbocycles. The Morgan fingerprint density at radius 3 is 2.50 bits per heavy atom. The van der Waals surface area contributed by atoms with E-state index in [4.69, 9.17) is 23.2 Å². The van der Waals surface area contributed by atoms with Crippen molar-refractivity contribution in [3.63, 3.8) is 0 Å². The summed E-state index contributed by atoms with van der Waals surface area (Å²) in [4.78, 5) is 8.33. The van der Waals surface area contributed by atoms with E-state index in [1.165, 1.54) is 18.2 Å². The van der Waals surface area contributed by atoms with Gasteiger partial charge in [-0.1, -0.05) is 23.2 Å². The van der Waals surface area contributed by atoms with Crippen molar-refractivity contribution in [3.8, 4) is 0 Å². The van der Waals surface area contributed by atoms with Gasteiger partial charge in [0.05, 0.1) is 17.1 Å². The third-order valence-corrected chi connectivity index (χ3v) is 2.94. The van der Waals surface area contributed by atoms with Crippen LogP contribution in [0.1, 0.15) is 11.4 Å². The number of halogens is 3. The highest BCUT2D eigenvalue weighted by Gasteiger charge is 2.10. The second-order valence-electron chi connectivity index (χ2n) is 3.78. The minimum absolute atomic E-state index is 0.192. The highest BCUT2D eigenvalue weighted by molar-refractivity contribution is 6.32. The first-order chi connectivity index (χ1) is 8.47. The molecule has 1 N–H and O–H groups in total. The number of anilines is 2. The number of hydrogen-bond acceptors (Lipinski definition) is 3. The van der Waals surface area contributed by atoms with Crippen LogP contribution in [0.5, 0.6) is 0 Å². The van der Waals surface area contributed by atoms with Crippen molar-refractivity contribution in [2.24, 2.45) is 0 Å². The zero-order valence-electron chi connectivity index (χ0n) is 9.76. The maximum Gasteiger partial charge on any atom is 0.172 e. The summed E-state index contributed by atoms with van der Waals surface area (Å²) in [5, 5.41) is 3.40. The fourth-order valence-electron chi connectivity index (χ4n) is 1.38. The van der Waals surface area contributed by atoms with Gasteiger partial charge >= 0.3 is 0 Å². The number of aryl methyl sites for hydroxylation is 2. The van der Waals surface area contributed by atoms with Crippen molar-refractivity contribution < 1.29 is 4.39 Å². The third-order valence-electron chi connectivity index (χ3n) is 2.45. The molecule has 0 saturated heterocycles. The molecule has 18 heavy (non-hydrogen) atoms. The van der Waals surface area contributed by atoms with Crippen molar-refractivity contribution in [2.45, 2.75) is 13.8 Å². The van der Waals surface area contributed by atoms with Crippen molar-refractivity contribution in [2.75, 3.05) is 5.32 Å². The van der Waals surface area contributed by atoms with Crippen molar-refractivity contribution in [1.29, 1.82) is 0 Å². The van der Waals surface area contributed by atoms with Crippen LogP contribution in [0.4, 0.5) is 15.9 Å². The Bertz CT molecular complexity index is 602. The smallest absolute Gasteiger partial charge is 0.172 e. The number of benzene rings is 1. The third kappa shape index (κ3) is 2.71. The van der Waals surface area contributed by atoms with Crippen molar-refractivity contribution in [3.05, 3.63) is 45.6 Å². The highest BCUT2D eigenvalue weighted by Crippen LogP contribution is 2.26. The van der Waals surface area contributed by atoms with Gasteiger partial charge in [-0.3, -0.25) is 0 Å². The normalized spacial score (nSPS) is 10.5. The Labute approximate surface area is 114 Å². The molecule has 0 amide bonds. The van der Waals surface area contributed by atoms with E-state index in [9.17, 15) is 4.39 Å². The van der Waals surface area contributed by atoms with E-state index in [0.717, 1.165) is 11.4 Å². The first-order valence-corrected chi connectivity index (χ1v) is 5.96. The molecule has 0 atom stereocenters. The Hall–Kier alpha value is -1.39. The SMILES string of the molecule is Cc1nc(Cl)c(Nc2cc(Cl)ccc2F)nc1C. The van der Waals surface area contributed by atoms with Gasteiger partial charge in [0.15, 0.2) is 11.0 Å². The lowest BCUT2D eigenvalue weighted by Crippen LogP contribution is -2.02. The molecule has 94 valence electrons. The minimum atomic E-state index is -0.435. The van der Waals surface area contributed by atoms with E-state index < -0.39 is 5.82 Å². The van der Waals surface area contributed by atoms with Crippen LogP contribution in [-0.4, -0.2) is 9.97 Å². The van der Waals surface area contributed by atoms with Gasteiger partial charge in [0, 0.05) is 5.02 Å². The maximum atomic E-state index is 13.6. The lowest BCUT2D eigenvalue weighted by Gasteiger charge is -2.10. The molecule has 2 rings (SSSR count). The molecule has 6 heteroatoms. The topological polar surface area (TPSA) is 37.8 Å². The van der Waals surface area contributed by atoms with Crippen LogP contribution in [0.3, 0.4) is 0 Å². The van der Waals surface area contributed by atoms with Crippen LogP contribution in [0.25, 0.3) is 0 Å². The van der Waals surface area contributed by atoms with E-state index in [-0.39, 0.29) is 10.8 Å². The quantitative estimate of drug-likeness (QED) is 0.895. The number of nitrogens with zero attached hydrogens (tertiary/aromatic N) is 2. The number of aromatic nitrogens is 2. The van der Waals surface area contributed by atoms with Gasteiger partial charge in [0.2, 0.25) is 0 Å². The molecule has 0 spiro atoms. The lowest BCUT2D eigenvalue weighted by molar-refractivity contribution is 0.632. The van der Waals surface area contributed by atoms with Gasteiger partial charge in [-0.15, -0.1) is 0 Å². The van der Waals surface area contributed by atoms with E-state index in [0.29, 0.717) is 10.8 Å². The first kappa shape index (κ1) is 13.1. The number of hydrogen-bond donors (Lipinski definition) is 1. The molecule has 0 aliphatic rings. The molecule has 0 saturated carbocycles. The molecule has 1 aromatic heterocycles. The van der Waals surface area contributed by atoms with E-state index in [1.807, 2.05) is 0 Å². The van der Waals surface area contributed by atoms with Crippen LogP contribution in [0.2, 0.25) is 10.2 Å². The molecule has 0 fully saturated rings. The zero-order valence-corrected chi connectivity index (χ0v) is 11.3. The zero-order chi connectivity index (χ0) is 13.3. The Morgan fingerprint density at radius 1 is 1.11 bits per heavy atom. The average molecular weight is 286 g/mol. The predicted octanol–water partition coefficient (Wildman–Crippen LogP) is 4.28. The predicted molar refractivity (Wildman–Crippen MR) is 71.2 cm³/mol. The fourth-order valence-corrected chi connectivity index (χ4v) is 1.76. The summed E-state index contributed by atoms with van der Waals surface area (Å²) in [5.41, 5.74) is 1.67. The molecule has 0 aliphatic carbocycles. The van der Waals surface area contributed by atoms with Gasteiger partial charge in [-0.2, -0.15) is 0 Å². The number of nitrogens with one attached hydrogen (secondary N) is 1. The second-order valence-corrected chi connectivity index (χ2v) is 4.58. The van der Waals surface area contributed by atoms with Crippen LogP contribution in [0.15, 0.2) is 18.2 Å². The van der Waals surface area contributed by atoms with Gasteiger partial charge < -0.3 is 5.32 Å². The molecule has 0 radical (unpaired) electrons. The summed E-state index contributed by atoms with van der Waals surface area (Å²) in [7, 11) is 0. The largest absolute Gasteiger partial charge is 0.335 e. The molecule has 1 heterocycles. The Kier molecular flexibility index (Phi) is 3.68. The summed E-state index contributed by atoms with van der Waals surface area (Å²) < 4.78 is 13.6.